The van der Waals surface area contributed by atoms with Crippen molar-refractivity contribution in [3.05, 3.63) is 66.0 Å². The molecule has 0 spiro atoms. The van der Waals surface area contributed by atoms with Gasteiger partial charge in [0.25, 0.3) is 0 Å². The van der Waals surface area contributed by atoms with E-state index >= 15 is 0 Å². The Bertz CT molecular complexity index is 647. The Labute approximate surface area is 127 Å². The number of hydrogen-bond acceptors (Lipinski definition) is 3. The van der Waals surface area contributed by atoms with Crippen LogP contribution < -0.4 is 10.6 Å². The molecule has 0 unspecified atom stereocenters. The normalized spacial score (nSPS) is 9.86. The first-order chi connectivity index (χ1) is 10.6. The molecule has 0 aliphatic rings. The quantitative estimate of drug-likeness (QED) is 0.834. The predicted molar refractivity (Wildman–Crippen MR) is 79.7 cm³/mol. The Morgan fingerprint density at radius 3 is 2.41 bits per heavy atom. The van der Waals surface area contributed by atoms with Gasteiger partial charge < -0.3 is 15.4 Å². The molecule has 0 saturated heterocycles. The number of benzene rings is 2. The maximum atomic E-state index is 13.3. The molecule has 2 amide bonds. The molecule has 2 aromatic carbocycles. The lowest BCUT2D eigenvalue weighted by molar-refractivity contribution is -0.143. The third-order valence-electron chi connectivity index (χ3n) is 2.76. The fraction of sp³-hybridized carbons (Fsp3) is 0.125. The second-order valence-electron chi connectivity index (χ2n) is 4.43. The average molecular weight is 302 g/mol. The summed E-state index contributed by atoms with van der Waals surface area (Å²) in [6.07, 6.45) is 0. The molecule has 0 atom stereocenters. The first-order valence-corrected chi connectivity index (χ1v) is 6.64. The highest BCUT2D eigenvalue weighted by atomic mass is 19.1. The lowest BCUT2D eigenvalue weighted by Crippen LogP contribution is -2.34. The van der Waals surface area contributed by atoms with E-state index in [0.29, 0.717) is 0 Å². The minimum absolute atomic E-state index is 0.0395. The summed E-state index contributed by atoms with van der Waals surface area (Å²) in [6, 6.07) is 14.3. The molecule has 0 radical (unpaired) electrons. The van der Waals surface area contributed by atoms with Crippen LogP contribution in [0, 0.1) is 5.82 Å². The third-order valence-corrected chi connectivity index (χ3v) is 2.76. The van der Waals surface area contributed by atoms with Gasteiger partial charge in [-0.15, -0.1) is 0 Å². The SMILES string of the molecule is O=C(NCC(=O)OCc1ccccc1)Nc1ccccc1F. The fourth-order valence-corrected chi connectivity index (χ4v) is 1.67. The van der Waals surface area contributed by atoms with Crippen molar-refractivity contribution >= 4 is 17.7 Å². The van der Waals surface area contributed by atoms with Gasteiger partial charge in [0.2, 0.25) is 0 Å². The van der Waals surface area contributed by atoms with E-state index in [1.54, 1.807) is 6.07 Å². The fourth-order valence-electron chi connectivity index (χ4n) is 1.67. The second kappa shape index (κ2) is 7.78. The van der Waals surface area contributed by atoms with Gasteiger partial charge >= 0.3 is 12.0 Å². The molecule has 0 heterocycles. The van der Waals surface area contributed by atoms with Gasteiger partial charge in [0, 0.05) is 0 Å². The van der Waals surface area contributed by atoms with Crippen molar-refractivity contribution in [3.63, 3.8) is 0 Å². The predicted octanol–water partition coefficient (Wildman–Crippen LogP) is 2.69. The summed E-state index contributed by atoms with van der Waals surface area (Å²) in [7, 11) is 0. The number of anilines is 1. The van der Waals surface area contributed by atoms with Crippen molar-refractivity contribution in [3.8, 4) is 0 Å². The summed E-state index contributed by atoms with van der Waals surface area (Å²) < 4.78 is 18.3. The highest BCUT2D eigenvalue weighted by Crippen LogP contribution is 2.11. The Hall–Kier alpha value is -2.89. The number of esters is 1. The Morgan fingerprint density at radius 2 is 1.68 bits per heavy atom. The van der Waals surface area contributed by atoms with Crippen molar-refractivity contribution in [2.24, 2.45) is 0 Å². The first kappa shape index (κ1) is 15.5. The first-order valence-electron chi connectivity index (χ1n) is 6.64. The minimum Gasteiger partial charge on any atom is -0.460 e. The number of rotatable bonds is 5. The van der Waals surface area contributed by atoms with Crippen LogP contribution in [0.1, 0.15) is 5.56 Å². The lowest BCUT2D eigenvalue weighted by Gasteiger charge is -2.08. The van der Waals surface area contributed by atoms with Crippen LogP contribution in [-0.4, -0.2) is 18.5 Å². The molecule has 0 aliphatic carbocycles. The summed E-state index contributed by atoms with van der Waals surface area (Å²) in [5.74, 6) is -1.13. The molecule has 0 aliphatic heterocycles. The molecular formula is C16H15FN2O3. The number of carbonyl (C=O) groups excluding carboxylic acids is 2. The van der Waals surface area contributed by atoms with Crippen LogP contribution in [0.15, 0.2) is 54.6 Å². The average Bonchev–Trinajstić information content (AvgIpc) is 2.54. The zero-order valence-corrected chi connectivity index (χ0v) is 11.7. The van der Waals surface area contributed by atoms with E-state index in [-0.39, 0.29) is 18.8 Å². The van der Waals surface area contributed by atoms with Gasteiger partial charge in [0.1, 0.15) is 19.0 Å². The molecule has 0 fully saturated rings. The van der Waals surface area contributed by atoms with Gasteiger partial charge in [-0.25, -0.2) is 9.18 Å². The molecule has 22 heavy (non-hydrogen) atoms. The molecule has 2 rings (SSSR count). The largest absolute Gasteiger partial charge is 0.460 e. The van der Waals surface area contributed by atoms with Crippen LogP contribution in [0.4, 0.5) is 14.9 Å². The number of ether oxygens (including phenoxy) is 1. The van der Waals surface area contributed by atoms with E-state index in [4.69, 9.17) is 4.74 Å². The van der Waals surface area contributed by atoms with Gasteiger partial charge in [-0.2, -0.15) is 0 Å². The van der Waals surface area contributed by atoms with E-state index in [0.717, 1.165) is 5.56 Å². The van der Waals surface area contributed by atoms with Crippen LogP contribution in [0.2, 0.25) is 0 Å². The summed E-state index contributed by atoms with van der Waals surface area (Å²) in [5.41, 5.74) is 0.893. The van der Waals surface area contributed by atoms with Crippen molar-refractivity contribution < 1.29 is 18.7 Å². The number of carbonyl (C=O) groups is 2. The van der Waals surface area contributed by atoms with Gasteiger partial charge in [0.15, 0.2) is 0 Å². The van der Waals surface area contributed by atoms with E-state index in [2.05, 4.69) is 10.6 Å². The number of amides is 2. The topological polar surface area (TPSA) is 67.4 Å². The smallest absolute Gasteiger partial charge is 0.325 e. The highest BCUT2D eigenvalue weighted by Gasteiger charge is 2.08. The molecule has 114 valence electrons. The maximum Gasteiger partial charge on any atom is 0.325 e. The van der Waals surface area contributed by atoms with Gasteiger partial charge in [0.05, 0.1) is 5.69 Å². The van der Waals surface area contributed by atoms with Crippen LogP contribution in [0.3, 0.4) is 0 Å². The minimum atomic E-state index is -0.679. The lowest BCUT2D eigenvalue weighted by atomic mass is 10.2. The molecule has 2 aromatic rings. The number of urea groups is 1. The van der Waals surface area contributed by atoms with Crippen molar-refractivity contribution in [1.29, 1.82) is 0 Å². The second-order valence-corrected chi connectivity index (χ2v) is 4.43. The summed E-state index contributed by atoms with van der Waals surface area (Å²) >= 11 is 0. The molecule has 0 aromatic heterocycles. The maximum absolute atomic E-state index is 13.3. The molecular weight excluding hydrogens is 287 g/mol. The highest BCUT2D eigenvalue weighted by molar-refractivity contribution is 5.91. The number of nitrogens with one attached hydrogen (secondary N) is 2. The van der Waals surface area contributed by atoms with E-state index in [9.17, 15) is 14.0 Å². The van der Waals surface area contributed by atoms with Crippen LogP contribution in [0.5, 0.6) is 0 Å². The molecule has 2 N–H and O–H groups in total. The number of hydrogen-bond donors (Lipinski definition) is 2. The third kappa shape index (κ3) is 4.90. The number of para-hydroxylation sites is 1. The van der Waals surface area contributed by atoms with Crippen molar-refractivity contribution in [2.75, 3.05) is 11.9 Å². The van der Waals surface area contributed by atoms with Gasteiger partial charge in [-0.05, 0) is 17.7 Å². The van der Waals surface area contributed by atoms with E-state index in [1.807, 2.05) is 30.3 Å². The Morgan fingerprint density at radius 1 is 1.00 bits per heavy atom. The summed E-state index contributed by atoms with van der Waals surface area (Å²) in [4.78, 5) is 23.0. The monoisotopic (exact) mass is 302 g/mol. The standard InChI is InChI=1S/C16H15FN2O3/c17-13-8-4-5-9-14(13)19-16(21)18-10-15(20)22-11-12-6-2-1-3-7-12/h1-9H,10-11H2,(H2,18,19,21). The zero-order chi connectivity index (χ0) is 15.8. The molecule has 6 heteroatoms. The Balaban J connectivity index is 1.72. The van der Waals surface area contributed by atoms with E-state index < -0.39 is 17.8 Å². The Kier molecular flexibility index (Phi) is 5.48. The van der Waals surface area contributed by atoms with Crippen LogP contribution in [-0.2, 0) is 16.1 Å². The van der Waals surface area contributed by atoms with Gasteiger partial charge in [-0.3, -0.25) is 4.79 Å². The summed E-state index contributed by atoms with van der Waals surface area (Å²) in [5, 5.41) is 4.61. The zero-order valence-electron chi connectivity index (χ0n) is 11.7. The van der Waals surface area contributed by atoms with Crippen molar-refractivity contribution in [1.82, 2.24) is 5.32 Å². The molecule has 5 nitrogen and oxygen atoms in total. The molecule has 0 saturated carbocycles. The van der Waals surface area contributed by atoms with Crippen LogP contribution in [0.25, 0.3) is 0 Å². The van der Waals surface area contributed by atoms with Crippen LogP contribution >= 0.6 is 0 Å². The van der Waals surface area contributed by atoms with Gasteiger partial charge in [-0.1, -0.05) is 42.5 Å². The number of halogens is 1. The molecule has 0 bridgehead atoms. The van der Waals surface area contributed by atoms with E-state index in [1.165, 1.54) is 18.2 Å². The summed E-state index contributed by atoms with van der Waals surface area (Å²) in [6.45, 7) is -0.163. The van der Waals surface area contributed by atoms with Crippen molar-refractivity contribution in [2.45, 2.75) is 6.61 Å².